The molecule has 1 aliphatic rings. The number of amides is 3. The zero-order valence-electron chi connectivity index (χ0n) is 21.8. The van der Waals surface area contributed by atoms with E-state index < -0.39 is 24.5 Å². The monoisotopic (exact) mass is 563 g/mol. The molecule has 0 saturated heterocycles. The van der Waals surface area contributed by atoms with E-state index in [1.165, 1.54) is 0 Å². The van der Waals surface area contributed by atoms with Crippen molar-refractivity contribution < 1.29 is 24.6 Å². The summed E-state index contributed by atoms with van der Waals surface area (Å²) >= 11 is 12.2. The molecule has 1 aliphatic carbocycles. The van der Waals surface area contributed by atoms with E-state index in [1.807, 2.05) is 4.90 Å². The van der Waals surface area contributed by atoms with Crippen molar-refractivity contribution in [3.05, 3.63) is 63.6 Å². The third-order valence-corrected chi connectivity index (χ3v) is 7.84. The van der Waals surface area contributed by atoms with Crippen LogP contribution in [0.2, 0.25) is 10.0 Å². The Labute approximate surface area is 233 Å². The van der Waals surface area contributed by atoms with Gasteiger partial charge >= 0.3 is 12.0 Å². The van der Waals surface area contributed by atoms with Crippen molar-refractivity contribution in [1.29, 1.82) is 0 Å². The van der Waals surface area contributed by atoms with Crippen molar-refractivity contribution in [3.63, 3.8) is 0 Å². The van der Waals surface area contributed by atoms with Gasteiger partial charge in [-0.25, -0.2) is 9.59 Å². The molecule has 1 fully saturated rings. The summed E-state index contributed by atoms with van der Waals surface area (Å²) < 4.78 is 0. The van der Waals surface area contributed by atoms with Gasteiger partial charge in [-0.15, -0.1) is 0 Å². The minimum Gasteiger partial charge on any atom is -0.479 e. The predicted octanol–water partition coefficient (Wildman–Crippen LogP) is 5.81. The minimum absolute atomic E-state index is 0.0526. The number of carboxylic acid groups (broad SMARTS) is 1. The molecular weight excluding hydrogens is 529 g/mol. The van der Waals surface area contributed by atoms with Gasteiger partial charge in [0.1, 0.15) is 0 Å². The number of carbonyl (C=O) groups excluding carboxylic acids is 2. The summed E-state index contributed by atoms with van der Waals surface area (Å²) in [6.45, 7) is 6.72. The van der Waals surface area contributed by atoms with Crippen LogP contribution in [-0.4, -0.2) is 51.7 Å². The molecule has 2 aromatic rings. The maximum Gasteiger partial charge on any atom is 0.334 e. The number of aliphatic hydroxyl groups excluding tert-OH is 1. The number of rotatable bonds is 8. The van der Waals surface area contributed by atoms with Gasteiger partial charge in [-0.2, -0.15) is 0 Å². The highest BCUT2D eigenvalue weighted by atomic mass is 35.5. The first-order valence-electron chi connectivity index (χ1n) is 12.7. The van der Waals surface area contributed by atoms with Crippen LogP contribution in [0.5, 0.6) is 0 Å². The first-order chi connectivity index (χ1) is 17.8. The van der Waals surface area contributed by atoms with Gasteiger partial charge in [-0.1, -0.05) is 56.1 Å². The standard InChI is InChI=1S/C28H35Cl2N3O5/c1-28(2,3)19-8-11-21(12-9-19)33(27(38)32-20-10-13-22(29)23(30)14-20)16-17-4-6-18(7-5-17)25(35)31-15-24(34)26(36)37/h4-7,10,13-14,19,21,24,34H,8-9,11-12,15-16H2,1-3H3,(H,31,35)(H,32,38)(H,36,37). The van der Waals surface area contributed by atoms with E-state index in [2.05, 4.69) is 31.4 Å². The van der Waals surface area contributed by atoms with Crippen molar-refractivity contribution in [2.45, 2.75) is 65.1 Å². The number of urea groups is 1. The normalized spacial score (nSPS) is 18.4. The van der Waals surface area contributed by atoms with Crippen molar-refractivity contribution in [1.82, 2.24) is 10.2 Å². The Kier molecular flexibility index (Phi) is 10.0. The van der Waals surface area contributed by atoms with Crippen molar-refractivity contribution >= 4 is 46.8 Å². The quantitative estimate of drug-likeness (QED) is 0.323. The van der Waals surface area contributed by atoms with Crippen LogP contribution >= 0.6 is 23.2 Å². The second-order valence-electron chi connectivity index (χ2n) is 10.8. The third-order valence-electron chi connectivity index (χ3n) is 7.10. The number of carbonyl (C=O) groups is 3. The van der Waals surface area contributed by atoms with Crippen LogP contribution in [0.3, 0.4) is 0 Å². The number of hydrogen-bond donors (Lipinski definition) is 4. The maximum absolute atomic E-state index is 13.5. The SMILES string of the molecule is CC(C)(C)C1CCC(N(Cc2ccc(C(=O)NCC(O)C(=O)O)cc2)C(=O)Nc2ccc(Cl)c(Cl)c2)CC1. The van der Waals surface area contributed by atoms with Gasteiger partial charge in [-0.3, -0.25) is 4.79 Å². The summed E-state index contributed by atoms with van der Waals surface area (Å²) in [6, 6.07) is 11.5. The molecule has 10 heteroatoms. The Hall–Kier alpha value is -2.81. The third kappa shape index (κ3) is 8.09. The largest absolute Gasteiger partial charge is 0.479 e. The number of anilines is 1. The lowest BCUT2D eigenvalue weighted by Crippen LogP contribution is -2.45. The molecule has 0 heterocycles. The number of aliphatic hydroxyl groups is 1. The van der Waals surface area contributed by atoms with Gasteiger partial charge in [0, 0.05) is 23.8 Å². The predicted molar refractivity (Wildman–Crippen MR) is 149 cm³/mol. The number of hydrogen-bond acceptors (Lipinski definition) is 4. The molecule has 0 radical (unpaired) electrons. The molecule has 8 nitrogen and oxygen atoms in total. The fraction of sp³-hybridized carbons (Fsp3) is 0.464. The van der Waals surface area contributed by atoms with Crippen LogP contribution in [-0.2, 0) is 11.3 Å². The van der Waals surface area contributed by atoms with Crippen molar-refractivity contribution in [3.8, 4) is 0 Å². The van der Waals surface area contributed by atoms with E-state index in [1.54, 1.807) is 42.5 Å². The van der Waals surface area contributed by atoms with E-state index >= 15 is 0 Å². The smallest absolute Gasteiger partial charge is 0.334 e. The molecule has 206 valence electrons. The average Bonchev–Trinajstić information content (AvgIpc) is 2.87. The fourth-order valence-corrected chi connectivity index (χ4v) is 5.02. The molecule has 2 aromatic carbocycles. The topological polar surface area (TPSA) is 119 Å². The van der Waals surface area contributed by atoms with E-state index in [0.29, 0.717) is 33.8 Å². The van der Waals surface area contributed by atoms with Crippen LogP contribution in [0.1, 0.15) is 62.4 Å². The molecule has 1 unspecified atom stereocenters. The molecule has 3 amide bonds. The Morgan fingerprint density at radius 1 is 1.00 bits per heavy atom. The number of benzene rings is 2. The van der Waals surface area contributed by atoms with Gasteiger partial charge in [0.15, 0.2) is 6.10 Å². The lowest BCUT2D eigenvalue weighted by molar-refractivity contribution is -0.146. The number of carboxylic acids is 1. The molecule has 1 saturated carbocycles. The van der Waals surface area contributed by atoms with Crippen molar-refractivity contribution in [2.24, 2.45) is 11.3 Å². The second-order valence-corrected chi connectivity index (χ2v) is 11.6. The van der Waals surface area contributed by atoms with Crippen LogP contribution < -0.4 is 10.6 Å². The van der Waals surface area contributed by atoms with Gasteiger partial charge in [0.2, 0.25) is 0 Å². The summed E-state index contributed by atoms with van der Waals surface area (Å²) in [6.07, 6.45) is 2.18. The Balaban J connectivity index is 1.73. The lowest BCUT2D eigenvalue weighted by Gasteiger charge is -2.41. The summed E-state index contributed by atoms with van der Waals surface area (Å²) in [4.78, 5) is 38.4. The number of nitrogens with zero attached hydrogens (tertiary/aromatic N) is 1. The lowest BCUT2D eigenvalue weighted by atomic mass is 9.71. The second kappa shape index (κ2) is 12.8. The van der Waals surface area contributed by atoms with Crippen LogP contribution in [0.4, 0.5) is 10.5 Å². The highest BCUT2D eigenvalue weighted by Gasteiger charge is 2.33. The molecule has 4 N–H and O–H groups in total. The Morgan fingerprint density at radius 2 is 1.63 bits per heavy atom. The van der Waals surface area contributed by atoms with Gasteiger partial charge in [0.25, 0.3) is 5.91 Å². The Morgan fingerprint density at radius 3 is 2.18 bits per heavy atom. The summed E-state index contributed by atoms with van der Waals surface area (Å²) in [5.74, 6) is -1.31. The number of aliphatic carboxylic acids is 1. The number of halogens is 2. The molecule has 0 aliphatic heterocycles. The van der Waals surface area contributed by atoms with E-state index in [4.69, 9.17) is 28.3 Å². The molecule has 0 aromatic heterocycles. The fourth-order valence-electron chi connectivity index (χ4n) is 4.73. The van der Waals surface area contributed by atoms with Gasteiger partial charge < -0.3 is 25.7 Å². The van der Waals surface area contributed by atoms with E-state index in [0.717, 1.165) is 31.2 Å². The highest BCUT2D eigenvalue weighted by Crippen LogP contribution is 2.39. The molecular formula is C28H35Cl2N3O5. The summed E-state index contributed by atoms with van der Waals surface area (Å²) in [5, 5.41) is 24.2. The maximum atomic E-state index is 13.5. The van der Waals surface area contributed by atoms with Gasteiger partial charge in [0.05, 0.1) is 16.6 Å². The molecule has 38 heavy (non-hydrogen) atoms. The van der Waals surface area contributed by atoms with Crippen LogP contribution in [0, 0.1) is 11.3 Å². The highest BCUT2D eigenvalue weighted by molar-refractivity contribution is 6.42. The Bertz CT molecular complexity index is 1140. The minimum atomic E-state index is -1.67. The van der Waals surface area contributed by atoms with Crippen LogP contribution in [0.15, 0.2) is 42.5 Å². The summed E-state index contributed by atoms with van der Waals surface area (Å²) in [5.41, 5.74) is 1.93. The zero-order valence-corrected chi connectivity index (χ0v) is 23.4. The average molecular weight is 565 g/mol. The molecule has 0 bridgehead atoms. The van der Waals surface area contributed by atoms with E-state index in [-0.39, 0.29) is 17.5 Å². The zero-order chi connectivity index (χ0) is 28.0. The first kappa shape index (κ1) is 29.7. The van der Waals surface area contributed by atoms with Crippen molar-refractivity contribution in [2.75, 3.05) is 11.9 Å². The molecule has 1 atom stereocenters. The number of nitrogens with one attached hydrogen (secondary N) is 2. The van der Waals surface area contributed by atoms with Gasteiger partial charge in [-0.05, 0) is 72.9 Å². The van der Waals surface area contributed by atoms with Crippen LogP contribution in [0.25, 0.3) is 0 Å². The summed E-state index contributed by atoms with van der Waals surface area (Å²) in [7, 11) is 0. The first-order valence-corrected chi connectivity index (χ1v) is 13.4. The molecule has 0 spiro atoms. The van der Waals surface area contributed by atoms with E-state index in [9.17, 15) is 19.5 Å². The molecule has 3 rings (SSSR count).